The maximum atomic E-state index is 15.5. The van der Waals surface area contributed by atoms with Gasteiger partial charge in [-0.25, -0.2) is 4.39 Å². The number of morpholine rings is 1. The second kappa shape index (κ2) is 13.1. The molecule has 1 amide bonds. The highest BCUT2D eigenvalue weighted by Crippen LogP contribution is 2.35. The number of carbonyl (C=O) groups excluding carboxylic acids is 1. The van der Waals surface area contributed by atoms with Crippen LogP contribution in [0.4, 0.5) is 15.8 Å². The maximum Gasteiger partial charge on any atom is 0.253 e. The third kappa shape index (κ3) is 6.00. The van der Waals surface area contributed by atoms with E-state index in [1.54, 1.807) is 6.07 Å². The summed E-state index contributed by atoms with van der Waals surface area (Å²) in [6.45, 7) is 10.9. The Morgan fingerprint density at radius 3 is 2.48 bits per heavy atom. The Morgan fingerprint density at radius 2 is 1.75 bits per heavy atom. The molecule has 234 valence electrons. The van der Waals surface area contributed by atoms with E-state index < -0.39 is 0 Å². The van der Waals surface area contributed by atoms with E-state index in [0.717, 1.165) is 66.7 Å². The van der Waals surface area contributed by atoms with E-state index in [-0.39, 0.29) is 29.9 Å². The number of ether oxygens (including phenoxy) is 2. The van der Waals surface area contributed by atoms with Crippen LogP contribution in [-0.4, -0.2) is 63.0 Å². The Bertz CT molecular complexity index is 1590. The maximum absolute atomic E-state index is 15.5. The van der Waals surface area contributed by atoms with E-state index in [2.05, 4.69) is 28.2 Å². The molecule has 2 saturated heterocycles. The fourth-order valence-electron chi connectivity index (χ4n) is 7.17. The fourth-order valence-corrected chi connectivity index (χ4v) is 7.17. The summed E-state index contributed by atoms with van der Waals surface area (Å²) in [6.07, 6.45) is 4.63. The van der Waals surface area contributed by atoms with Gasteiger partial charge in [0.2, 0.25) is 0 Å². The van der Waals surface area contributed by atoms with E-state index in [1.807, 2.05) is 36.9 Å². The summed E-state index contributed by atoms with van der Waals surface area (Å²) >= 11 is 0. The van der Waals surface area contributed by atoms with Crippen LogP contribution < -0.4 is 20.7 Å². The Kier molecular flexibility index (Phi) is 9.05. The summed E-state index contributed by atoms with van der Waals surface area (Å²) in [5.41, 5.74) is 8.12. The summed E-state index contributed by atoms with van der Waals surface area (Å²) in [5, 5.41) is 3.06. The third-order valence-electron chi connectivity index (χ3n) is 9.58. The van der Waals surface area contributed by atoms with E-state index in [0.29, 0.717) is 61.9 Å². The molecule has 1 aromatic heterocycles. The summed E-state index contributed by atoms with van der Waals surface area (Å²) in [5.74, 6) is -0.535. The van der Waals surface area contributed by atoms with Crippen molar-refractivity contribution in [2.45, 2.75) is 65.5 Å². The molecular weight excluding hydrogens is 559 g/mol. The number of amides is 1. The van der Waals surface area contributed by atoms with Crippen LogP contribution in [0.1, 0.15) is 64.5 Å². The van der Waals surface area contributed by atoms with Crippen molar-refractivity contribution in [2.24, 2.45) is 0 Å². The number of hydrogen-bond acceptors (Lipinski definition) is 6. The lowest BCUT2D eigenvalue weighted by atomic mass is 9.94. The van der Waals surface area contributed by atoms with Crippen molar-refractivity contribution in [2.75, 3.05) is 55.9 Å². The van der Waals surface area contributed by atoms with Gasteiger partial charge in [-0.1, -0.05) is 6.07 Å². The van der Waals surface area contributed by atoms with E-state index in [4.69, 9.17) is 9.47 Å². The SMILES string of the molecule is CCN(c1cc(-c2ccc(N3CCOCC3)c(F)c2)cc(C(=O)NCc2c3c(c(C)[nH]c2=O)CCC3)c1C)C1CCOCC1. The van der Waals surface area contributed by atoms with Crippen molar-refractivity contribution in [1.82, 2.24) is 10.3 Å². The number of pyridine rings is 1. The first-order chi connectivity index (χ1) is 21.4. The number of carbonyl (C=O) groups is 1. The van der Waals surface area contributed by atoms with Gasteiger partial charge >= 0.3 is 0 Å². The van der Waals surface area contributed by atoms with Crippen LogP contribution in [0, 0.1) is 19.7 Å². The van der Waals surface area contributed by atoms with Crippen molar-refractivity contribution in [3.05, 3.63) is 80.0 Å². The first-order valence-electron chi connectivity index (χ1n) is 16.0. The summed E-state index contributed by atoms with van der Waals surface area (Å²) in [4.78, 5) is 34.2. The zero-order valence-electron chi connectivity index (χ0n) is 26.1. The van der Waals surface area contributed by atoms with Gasteiger partial charge in [0.25, 0.3) is 11.5 Å². The quantitative estimate of drug-likeness (QED) is 0.375. The zero-order valence-corrected chi connectivity index (χ0v) is 26.1. The fraction of sp³-hybridized carbons (Fsp3) is 0.486. The molecule has 1 aliphatic carbocycles. The molecule has 3 aliphatic rings. The number of aryl methyl sites for hydroxylation is 1. The number of halogens is 1. The van der Waals surface area contributed by atoms with E-state index in [1.165, 1.54) is 5.56 Å². The predicted molar refractivity (Wildman–Crippen MR) is 171 cm³/mol. The molecule has 2 aliphatic heterocycles. The molecule has 6 rings (SSSR count). The van der Waals surface area contributed by atoms with Crippen molar-refractivity contribution in [1.29, 1.82) is 0 Å². The molecule has 3 aromatic rings. The molecule has 8 nitrogen and oxygen atoms in total. The van der Waals surface area contributed by atoms with Crippen LogP contribution in [0.15, 0.2) is 35.1 Å². The molecule has 2 fully saturated rings. The number of aromatic nitrogens is 1. The van der Waals surface area contributed by atoms with Gasteiger partial charge in [0.15, 0.2) is 0 Å². The van der Waals surface area contributed by atoms with Crippen molar-refractivity contribution in [3.8, 4) is 11.1 Å². The standard InChI is InChI=1S/C35H43FN4O4/c1-4-40(26-10-14-43-15-11-26)33-20-25(24-8-9-32(31(36)19-24)39-12-16-44-17-13-39)18-29(22(33)2)34(41)37-21-30-28-7-5-6-27(28)23(3)38-35(30)42/h8-9,18-20,26H,4-7,10-17,21H2,1-3H3,(H,37,41)(H,38,42). The van der Waals surface area contributed by atoms with Crippen LogP contribution in [0.3, 0.4) is 0 Å². The number of anilines is 2. The molecule has 2 N–H and O–H groups in total. The predicted octanol–water partition coefficient (Wildman–Crippen LogP) is 5.06. The van der Waals surface area contributed by atoms with Crippen LogP contribution in [0.25, 0.3) is 11.1 Å². The molecule has 44 heavy (non-hydrogen) atoms. The van der Waals surface area contributed by atoms with Crippen LogP contribution in [-0.2, 0) is 28.9 Å². The third-order valence-corrected chi connectivity index (χ3v) is 9.58. The molecular formula is C35H43FN4O4. The van der Waals surface area contributed by atoms with Gasteiger partial charge in [0.1, 0.15) is 5.82 Å². The number of rotatable bonds is 8. The van der Waals surface area contributed by atoms with Crippen molar-refractivity contribution in [3.63, 3.8) is 0 Å². The van der Waals surface area contributed by atoms with Gasteiger partial charge in [-0.3, -0.25) is 9.59 Å². The molecule has 0 atom stereocenters. The largest absolute Gasteiger partial charge is 0.381 e. The first kappa shape index (κ1) is 30.3. The summed E-state index contributed by atoms with van der Waals surface area (Å²) < 4.78 is 26.6. The topological polar surface area (TPSA) is 86.9 Å². The molecule has 9 heteroatoms. The number of nitrogens with zero attached hydrogens (tertiary/aromatic N) is 2. The Labute approximate surface area is 258 Å². The molecule has 0 bridgehead atoms. The number of aromatic amines is 1. The minimum atomic E-state index is -0.290. The van der Waals surface area contributed by atoms with Gasteiger partial charge in [0.05, 0.1) is 18.9 Å². The van der Waals surface area contributed by atoms with Crippen LogP contribution in [0.5, 0.6) is 0 Å². The van der Waals surface area contributed by atoms with E-state index in [9.17, 15) is 9.59 Å². The molecule has 3 heterocycles. The van der Waals surface area contributed by atoms with Gasteiger partial charge in [-0.2, -0.15) is 0 Å². The highest BCUT2D eigenvalue weighted by atomic mass is 19.1. The van der Waals surface area contributed by atoms with Crippen LogP contribution in [0.2, 0.25) is 0 Å². The lowest BCUT2D eigenvalue weighted by Crippen LogP contribution is -2.40. The average molecular weight is 603 g/mol. The number of hydrogen-bond donors (Lipinski definition) is 2. The average Bonchev–Trinajstić information content (AvgIpc) is 3.53. The normalized spacial score (nSPS) is 17.0. The summed E-state index contributed by atoms with van der Waals surface area (Å²) in [7, 11) is 0. The van der Waals surface area contributed by atoms with Crippen LogP contribution >= 0.6 is 0 Å². The number of fused-ring (bicyclic) bond motifs is 1. The second-order valence-electron chi connectivity index (χ2n) is 12.1. The minimum Gasteiger partial charge on any atom is -0.381 e. The van der Waals surface area contributed by atoms with Crippen molar-refractivity contribution >= 4 is 17.3 Å². The molecule has 0 saturated carbocycles. The zero-order chi connectivity index (χ0) is 30.8. The summed E-state index contributed by atoms with van der Waals surface area (Å²) in [6, 6.07) is 9.57. The number of nitrogens with one attached hydrogen (secondary N) is 2. The Balaban J connectivity index is 1.36. The smallest absolute Gasteiger partial charge is 0.253 e. The van der Waals surface area contributed by atoms with Crippen molar-refractivity contribution < 1.29 is 18.7 Å². The lowest BCUT2D eigenvalue weighted by molar-refractivity contribution is 0.0846. The highest BCUT2D eigenvalue weighted by Gasteiger charge is 2.26. The first-order valence-corrected chi connectivity index (χ1v) is 16.0. The Morgan fingerprint density at radius 1 is 1.02 bits per heavy atom. The van der Waals surface area contributed by atoms with Gasteiger partial charge in [-0.05, 0) is 105 Å². The van der Waals surface area contributed by atoms with Gasteiger partial charge in [-0.15, -0.1) is 0 Å². The Hall–Kier alpha value is -3.69. The highest BCUT2D eigenvalue weighted by molar-refractivity contribution is 5.99. The van der Waals surface area contributed by atoms with Gasteiger partial charge in [0, 0.05) is 67.9 Å². The second-order valence-corrected chi connectivity index (χ2v) is 12.1. The molecule has 0 unspecified atom stereocenters. The lowest BCUT2D eigenvalue weighted by Gasteiger charge is -2.37. The van der Waals surface area contributed by atoms with E-state index >= 15 is 4.39 Å². The molecule has 2 aromatic carbocycles. The van der Waals surface area contributed by atoms with Gasteiger partial charge < -0.3 is 29.6 Å². The molecule has 0 radical (unpaired) electrons. The number of benzene rings is 2. The number of H-pyrrole nitrogens is 1. The monoisotopic (exact) mass is 602 g/mol. The molecule has 0 spiro atoms. The minimum absolute atomic E-state index is 0.137.